The fourth-order valence-electron chi connectivity index (χ4n) is 3.96. The fourth-order valence-corrected chi connectivity index (χ4v) is 5.99. The monoisotopic (exact) mass is 546 g/mol. The van der Waals surface area contributed by atoms with E-state index in [4.69, 9.17) is 27.8 Å². The molecule has 0 aliphatic carbocycles. The number of ether oxygens (including phenoxy) is 4. The normalized spacial score (nSPS) is 26.9. The van der Waals surface area contributed by atoms with E-state index in [1.807, 2.05) is 0 Å². The third-order valence-electron chi connectivity index (χ3n) is 8.34. The van der Waals surface area contributed by atoms with Crippen molar-refractivity contribution in [2.24, 2.45) is 0 Å². The van der Waals surface area contributed by atoms with Gasteiger partial charge in [-0.05, 0) is 36.3 Å². The minimum Gasteiger partial charge on any atom is -0.457 e. The Hall–Kier alpha value is -0.786. The number of hydrogen-bond donors (Lipinski definition) is 0. The maximum absolute atomic E-state index is 11.8. The van der Waals surface area contributed by atoms with Gasteiger partial charge in [0, 0.05) is 26.7 Å². The Labute approximate surface area is 220 Å². The molecule has 0 saturated carbocycles. The van der Waals surface area contributed by atoms with Crippen LogP contribution in [0, 0.1) is 0 Å². The number of rotatable bonds is 10. The minimum atomic E-state index is -2.02. The van der Waals surface area contributed by atoms with Crippen LogP contribution in [-0.2, 0) is 37.4 Å². The average molecular weight is 547 g/mol. The van der Waals surface area contributed by atoms with Gasteiger partial charge in [0.1, 0.15) is 12.2 Å². The second-order valence-electron chi connectivity index (χ2n) is 13.3. The molecule has 2 fully saturated rings. The van der Waals surface area contributed by atoms with E-state index in [0.29, 0.717) is 26.1 Å². The molecular weight excluding hydrogens is 496 g/mol. The average Bonchev–Trinajstić information content (AvgIpc) is 3.25. The van der Waals surface area contributed by atoms with Crippen LogP contribution in [0.2, 0.25) is 36.3 Å². The summed E-state index contributed by atoms with van der Waals surface area (Å²) in [6, 6.07) is 0. The van der Waals surface area contributed by atoms with Crippen LogP contribution in [0.25, 0.3) is 0 Å². The number of carbonyl (C=O) groups is 2. The molecule has 210 valence electrons. The molecule has 6 atom stereocenters. The smallest absolute Gasteiger partial charge is 0.303 e. The zero-order valence-electron chi connectivity index (χ0n) is 24.6. The van der Waals surface area contributed by atoms with Gasteiger partial charge in [0.2, 0.25) is 0 Å². The molecule has 0 amide bonds. The van der Waals surface area contributed by atoms with Crippen molar-refractivity contribution in [1.29, 1.82) is 0 Å². The molecule has 0 aromatic carbocycles. The lowest BCUT2D eigenvalue weighted by molar-refractivity contribution is -0.159. The zero-order chi connectivity index (χ0) is 27.7. The summed E-state index contributed by atoms with van der Waals surface area (Å²) in [4.78, 5) is 23.7. The predicted molar refractivity (Wildman–Crippen MR) is 144 cm³/mol. The summed E-state index contributed by atoms with van der Waals surface area (Å²) in [6.45, 7) is 25.2. The first kappa shape index (κ1) is 31.4. The molecule has 0 bridgehead atoms. The van der Waals surface area contributed by atoms with Crippen LogP contribution in [0.1, 0.15) is 68.2 Å². The molecule has 2 heterocycles. The summed E-state index contributed by atoms with van der Waals surface area (Å²) in [5.41, 5.74) is 0. The second-order valence-corrected chi connectivity index (χ2v) is 23.0. The third kappa shape index (κ3) is 8.10. The highest BCUT2D eigenvalue weighted by atomic mass is 28.4. The SMILES string of the molecule is CC(=O)O[C@H](CO[Si](C)(C)C(C)(C)C)[C@@H]1C[C@H]2O[C@H]([C@@H](CO[Si](C)(C)C(C)(C)C)OC(C)=O)C[C@H]2O1. The topological polar surface area (TPSA) is 89.5 Å². The summed E-state index contributed by atoms with van der Waals surface area (Å²) < 4.78 is 36.7. The van der Waals surface area contributed by atoms with Crippen molar-refractivity contribution < 1.29 is 37.4 Å². The molecule has 0 aromatic heterocycles. The highest BCUT2D eigenvalue weighted by molar-refractivity contribution is 6.74. The summed E-state index contributed by atoms with van der Waals surface area (Å²) in [5, 5.41) is 0.102. The molecule has 0 spiro atoms. The molecule has 0 aromatic rings. The van der Waals surface area contributed by atoms with Gasteiger partial charge in [0.05, 0.1) is 37.6 Å². The highest BCUT2D eigenvalue weighted by Crippen LogP contribution is 2.41. The number of carbonyl (C=O) groups excluding carboxylic acids is 2. The molecule has 8 nitrogen and oxygen atoms in total. The molecule has 2 rings (SSSR count). The van der Waals surface area contributed by atoms with Crippen LogP contribution in [-0.4, -0.2) is 78.4 Å². The van der Waals surface area contributed by atoms with Crippen LogP contribution in [0.5, 0.6) is 0 Å². The summed E-state index contributed by atoms with van der Waals surface area (Å²) in [5.74, 6) is -0.702. The van der Waals surface area contributed by atoms with E-state index in [1.54, 1.807) is 0 Å². The van der Waals surface area contributed by atoms with Gasteiger partial charge in [0.15, 0.2) is 16.6 Å². The predicted octanol–water partition coefficient (Wildman–Crippen LogP) is 5.21. The first-order chi connectivity index (χ1) is 16.2. The van der Waals surface area contributed by atoms with Gasteiger partial charge in [-0.2, -0.15) is 0 Å². The van der Waals surface area contributed by atoms with E-state index in [0.717, 1.165) is 0 Å². The summed E-state index contributed by atoms with van der Waals surface area (Å²) in [6.07, 6.45) is -0.707. The summed E-state index contributed by atoms with van der Waals surface area (Å²) >= 11 is 0. The van der Waals surface area contributed by atoms with Gasteiger partial charge < -0.3 is 27.8 Å². The Balaban J connectivity index is 2.03. The summed E-state index contributed by atoms with van der Waals surface area (Å²) in [7, 11) is -4.03. The quantitative estimate of drug-likeness (QED) is 0.273. The van der Waals surface area contributed by atoms with Crippen molar-refractivity contribution in [3.63, 3.8) is 0 Å². The molecule has 0 unspecified atom stereocenters. The van der Waals surface area contributed by atoms with Crippen LogP contribution in [0.4, 0.5) is 0 Å². The minimum absolute atomic E-state index is 0.0509. The molecule has 36 heavy (non-hydrogen) atoms. The maximum atomic E-state index is 11.8. The fraction of sp³-hybridized carbons (Fsp3) is 0.923. The number of fused-ring (bicyclic) bond motifs is 1. The van der Waals surface area contributed by atoms with Gasteiger partial charge in [-0.15, -0.1) is 0 Å². The van der Waals surface area contributed by atoms with Crippen LogP contribution < -0.4 is 0 Å². The Bertz CT molecular complexity index is 695. The largest absolute Gasteiger partial charge is 0.457 e. The Morgan fingerprint density at radius 2 is 1.03 bits per heavy atom. The first-order valence-electron chi connectivity index (χ1n) is 13.2. The molecule has 2 aliphatic rings. The van der Waals surface area contributed by atoms with Gasteiger partial charge in [-0.25, -0.2) is 0 Å². The molecule has 2 aliphatic heterocycles. The highest BCUT2D eigenvalue weighted by Gasteiger charge is 2.50. The standard InChI is InChI=1S/C26H50O8Si2/c1-17(27)31-23(15-29-35(9,10)25(3,4)5)21-13-19-20(33-21)14-22(34-19)24(32-18(2)28)16-30-36(11,12)26(6,7)8/h19-24H,13-16H2,1-12H3/t19-,20-,21+,22+,23-,24-/m1/s1. The Morgan fingerprint density at radius 1 is 0.722 bits per heavy atom. The Kier molecular flexibility index (Phi) is 10.1. The lowest BCUT2D eigenvalue weighted by atomic mass is 10.1. The van der Waals surface area contributed by atoms with Crippen LogP contribution in [0.3, 0.4) is 0 Å². The molecule has 0 N–H and O–H groups in total. The van der Waals surface area contributed by atoms with E-state index < -0.39 is 28.8 Å². The molecule has 2 saturated heterocycles. The van der Waals surface area contributed by atoms with Gasteiger partial charge >= 0.3 is 11.9 Å². The van der Waals surface area contributed by atoms with Crippen LogP contribution in [0.15, 0.2) is 0 Å². The van der Waals surface area contributed by atoms with Gasteiger partial charge in [-0.1, -0.05) is 41.5 Å². The van der Waals surface area contributed by atoms with E-state index in [2.05, 4.69) is 67.7 Å². The number of esters is 2. The van der Waals surface area contributed by atoms with E-state index >= 15 is 0 Å². The molecular formula is C26H50O8Si2. The number of hydrogen-bond acceptors (Lipinski definition) is 8. The Morgan fingerprint density at radius 3 is 1.28 bits per heavy atom. The lowest BCUT2D eigenvalue weighted by Crippen LogP contribution is -2.46. The molecule has 10 heteroatoms. The van der Waals surface area contributed by atoms with Crippen molar-refractivity contribution in [2.45, 2.75) is 141 Å². The van der Waals surface area contributed by atoms with Crippen molar-refractivity contribution >= 4 is 28.6 Å². The van der Waals surface area contributed by atoms with Crippen molar-refractivity contribution in [3.05, 3.63) is 0 Å². The van der Waals surface area contributed by atoms with E-state index in [1.165, 1.54) is 13.8 Å². The lowest BCUT2D eigenvalue weighted by Gasteiger charge is -2.38. The molecule has 0 radical (unpaired) electrons. The van der Waals surface area contributed by atoms with E-state index in [9.17, 15) is 9.59 Å². The van der Waals surface area contributed by atoms with Gasteiger partial charge in [0.25, 0.3) is 0 Å². The van der Waals surface area contributed by atoms with Crippen molar-refractivity contribution in [2.75, 3.05) is 13.2 Å². The van der Waals surface area contributed by atoms with Crippen LogP contribution >= 0.6 is 0 Å². The second kappa shape index (κ2) is 11.5. The first-order valence-corrected chi connectivity index (χ1v) is 19.0. The van der Waals surface area contributed by atoms with E-state index in [-0.39, 0.29) is 46.4 Å². The van der Waals surface area contributed by atoms with Crippen molar-refractivity contribution in [3.8, 4) is 0 Å². The maximum Gasteiger partial charge on any atom is 0.303 e. The van der Waals surface area contributed by atoms with Gasteiger partial charge in [-0.3, -0.25) is 9.59 Å². The van der Waals surface area contributed by atoms with Crippen molar-refractivity contribution in [1.82, 2.24) is 0 Å². The zero-order valence-corrected chi connectivity index (χ0v) is 26.6. The third-order valence-corrected chi connectivity index (χ3v) is 17.3.